The summed E-state index contributed by atoms with van der Waals surface area (Å²) in [6.45, 7) is 4.46. The van der Waals surface area contributed by atoms with E-state index in [2.05, 4.69) is 10.4 Å². The average molecular weight is 278 g/mol. The van der Waals surface area contributed by atoms with Crippen LogP contribution in [0.25, 0.3) is 0 Å². The third-order valence-electron chi connectivity index (χ3n) is 2.96. The molecule has 1 aromatic heterocycles. The Bertz CT molecular complexity index is 565. The number of benzene rings is 1. The maximum atomic E-state index is 12.2. The molecule has 100 valence electrons. The van der Waals surface area contributed by atoms with Crippen LogP contribution in [0.15, 0.2) is 36.5 Å². The van der Waals surface area contributed by atoms with Gasteiger partial charge in [0.25, 0.3) is 5.91 Å². The maximum absolute atomic E-state index is 12.2. The van der Waals surface area contributed by atoms with E-state index in [-0.39, 0.29) is 11.9 Å². The summed E-state index contributed by atoms with van der Waals surface area (Å²) >= 11 is 6.00. The molecule has 0 bridgehead atoms. The summed E-state index contributed by atoms with van der Waals surface area (Å²) in [5.74, 6) is -0.208. The number of carbonyl (C=O) groups is 1. The summed E-state index contributed by atoms with van der Waals surface area (Å²) in [5, 5.41) is 7.36. The SMILES string of the molecule is CCn1ncc(Cl)c1C(=O)N[C@H](C)c1ccccc1. The summed E-state index contributed by atoms with van der Waals surface area (Å²) < 4.78 is 1.59. The molecule has 0 spiro atoms. The van der Waals surface area contributed by atoms with E-state index >= 15 is 0 Å². The minimum Gasteiger partial charge on any atom is -0.344 e. The highest BCUT2D eigenvalue weighted by molar-refractivity contribution is 6.33. The molecule has 0 radical (unpaired) electrons. The van der Waals surface area contributed by atoms with Crippen LogP contribution in [0.1, 0.15) is 35.9 Å². The molecule has 0 unspecified atom stereocenters. The van der Waals surface area contributed by atoms with Gasteiger partial charge >= 0.3 is 0 Å². The largest absolute Gasteiger partial charge is 0.344 e. The van der Waals surface area contributed by atoms with Gasteiger partial charge < -0.3 is 5.32 Å². The average Bonchev–Trinajstić information content (AvgIpc) is 2.80. The predicted octanol–water partition coefficient (Wildman–Crippen LogP) is 3.05. The quantitative estimate of drug-likeness (QED) is 0.934. The molecule has 4 nitrogen and oxygen atoms in total. The van der Waals surface area contributed by atoms with Gasteiger partial charge in [0, 0.05) is 6.54 Å². The summed E-state index contributed by atoms with van der Waals surface area (Å²) in [4.78, 5) is 12.2. The van der Waals surface area contributed by atoms with Crippen LogP contribution in [0.3, 0.4) is 0 Å². The number of carbonyl (C=O) groups excluding carboxylic acids is 1. The van der Waals surface area contributed by atoms with Crippen molar-refractivity contribution in [3.8, 4) is 0 Å². The fraction of sp³-hybridized carbons (Fsp3) is 0.286. The summed E-state index contributed by atoms with van der Waals surface area (Å²) in [6, 6.07) is 9.71. The molecule has 1 aromatic carbocycles. The van der Waals surface area contributed by atoms with Gasteiger partial charge in [-0.15, -0.1) is 0 Å². The molecule has 0 aliphatic rings. The van der Waals surface area contributed by atoms with E-state index in [0.29, 0.717) is 17.3 Å². The molecule has 0 aliphatic carbocycles. The van der Waals surface area contributed by atoms with Gasteiger partial charge in [0.2, 0.25) is 0 Å². The lowest BCUT2D eigenvalue weighted by Gasteiger charge is -2.14. The number of rotatable bonds is 4. The number of hydrogen-bond acceptors (Lipinski definition) is 2. The Morgan fingerprint density at radius 2 is 2.11 bits per heavy atom. The summed E-state index contributed by atoms with van der Waals surface area (Å²) in [6.07, 6.45) is 1.49. The van der Waals surface area contributed by atoms with Crippen molar-refractivity contribution in [1.29, 1.82) is 0 Å². The Kier molecular flexibility index (Phi) is 4.22. The molecule has 1 heterocycles. The number of aromatic nitrogens is 2. The highest BCUT2D eigenvalue weighted by atomic mass is 35.5. The normalized spacial score (nSPS) is 12.2. The number of nitrogens with zero attached hydrogens (tertiary/aromatic N) is 2. The molecule has 2 aromatic rings. The van der Waals surface area contributed by atoms with Crippen LogP contribution < -0.4 is 5.32 Å². The molecule has 1 N–H and O–H groups in total. The number of amides is 1. The fourth-order valence-corrected chi connectivity index (χ4v) is 2.15. The van der Waals surface area contributed by atoms with Crippen LogP contribution in [0.5, 0.6) is 0 Å². The van der Waals surface area contributed by atoms with Crippen LogP contribution in [0, 0.1) is 0 Å². The molecule has 19 heavy (non-hydrogen) atoms. The Hall–Kier alpha value is -1.81. The van der Waals surface area contributed by atoms with Crippen molar-refractivity contribution in [2.45, 2.75) is 26.4 Å². The van der Waals surface area contributed by atoms with E-state index in [1.807, 2.05) is 44.2 Å². The van der Waals surface area contributed by atoms with Gasteiger partial charge in [-0.05, 0) is 19.4 Å². The standard InChI is InChI=1S/C14H16ClN3O/c1-3-18-13(12(15)9-16-18)14(19)17-10(2)11-7-5-4-6-8-11/h4-10H,3H2,1-2H3,(H,17,19)/t10-/m1/s1. The van der Waals surface area contributed by atoms with E-state index in [4.69, 9.17) is 11.6 Å². The second-order valence-corrected chi connectivity index (χ2v) is 4.67. The fourth-order valence-electron chi connectivity index (χ4n) is 1.92. The molecule has 0 saturated heterocycles. The number of aryl methyl sites for hydroxylation is 1. The van der Waals surface area contributed by atoms with Crippen molar-refractivity contribution in [3.05, 3.63) is 52.8 Å². The zero-order valence-corrected chi connectivity index (χ0v) is 11.7. The predicted molar refractivity (Wildman–Crippen MR) is 75.2 cm³/mol. The van der Waals surface area contributed by atoms with Gasteiger partial charge in [0.05, 0.1) is 17.3 Å². The first kappa shape index (κ1) is 13.6. The van der Waals surface area contributed by atoms with Crippen LogP contribution >= 0.6 is 11.6 Å². The Balaban J connectivity index is 2.15. The van der Waals surface area contributed by atoms with Crippen molar-refractivity contribution in [3.63, 3.8) is 0 Å². The van der Waals surface area contributed by atoms with E-state index < -0.39 is 0 Å². The second-order valence-electron chi connectivity index (χ2n) is 4.26. The van der Waals surface area contributed by atoms with Gasteiger partial charge in [-0.3, -0.25) is 9.48 Å². The molecule has 0 saturated carbocycles. The van der Waals surface area contributed by atoms with Crippen molar-refractivity contribution >= 4 is 17.5 Å². The van der Waals surface area contributed by atoms with Crippen molar-refractivity contribution < 1.29 is 4.79 Å². The molecular weight excluding hydrogens is 262 g/mol. The molecule has 1 amide bonds. The number of hydrogen-bond donors (Lipinski definition) is 1. The second kappa shape index (κ2) is 5.89. The van der Waals surface area contributed by atoms with E-state index in [1.54, 1.807) is 4.68 Å². The summed E-state index contributed by atoms with van der Waals surface area (Å²) in [5.41, 5.74) is 1.46. The number of nitrogens with one attached hydrogen (secondary N) is 1. The molecule has 2 rings (SSSR count). The lowest BCUT2D eigenvalue weighted by molar-refractivity contribution is 0.0929. The van der Waals surface area contributed by atoms with Crippen LogP contribution in [0.2, 0.25) is 5.02 Å². The smallest absolute Gasteiger partial charge is 0.271 e. The number of halogens is 1. The highest BCUT2D eigenvalue weighted by Gasteiger charge is 2.18. The lowest BCUT2D eigenvalue weighted by Crippen LogP contribution is -2.29. The zero-order valence-electron chi connectivity index (χ0n) is 10.9. The first-order chi connectivity index (χ1) is 9.13. The Morgan fingerprint density at radius 1 is 1.42 bits per heavy atom. The summed E-state index contributed by atoms with van der Waals surface area (Å²) in [7, 11) is 0. The van der Waals surface area contributed by atoms with Gasteiger partial charge in [-0.25, -0.2) is 0 Å². The molecular formula is C14H16ClN3O. The zero-order chi connectivity index (χ0) is 13.8. The first-order valence-corrected chi connectivity index (χ1v) is 6.58. The van der Waals surface area contributed by atoms with E-state index in [9.17, 15) is 4.79 Å². The van der Waals surface area contributed by atoms with Crippen LogP contribution in [0.4, 0.5) is 0 Å². The van der Waals surface area contributed by atoms with Gasteiger partial charge in [0.15, 0.2) is 0 Å². The van der Waals surface area contributed by atoms with E-state index in [1.165, 1.54) is 6.20 Å². The first-order valence-electron chi connectivity index (χ1n) is 6.20. The Morgan fingerprint density at radius 3 is 2.74 bits per heavy atom. The van der Waals surface area contributed by atoms with Gasteiger partial charge in [0.1, 0.15) is 5.69 Å². The minimum atomic E-state index is -0.208. The monoisotopic (exact) mass is 277 g/mol. The van der Waals surface area contributed by atoms with Crippen LogP contribution in [-0.4, -0.2) is 15.7 Å². The third kappa shape index (κ3) is 2.96. The van der Waals surface area contributed by atoms with Crippen molar-refractivity contribution in [2.24, 2.45) is 0 Å². The van der Waals surface area contributed by atoms with Gasteiger partial charge in [-0.1, -0.05) is 41.9 Å². The van der Waals surface area contributed by atoms with Crippen LogP contribution in [-0.2, 0) is 6.54 Å². The van der Waals surface area contributed by atoms with E-state index in [0.717, 1.165) is 5.56 Å². The molecule has 0 fully saturated rings. The maximum Gasteiger partial charge on any atom is 0.271 e. The molecule has 5 heteroatoms. The topological polar surface area (TPSA) is 46.9 Å². The van der Waals surface area contributed by atoms with Crippen molar-refractivity contribution in [1.82, 2.24) is 15.1 Å². The van der Waals surface area contributed by atoms with Gasteiger partial charge in [-0.2, -0.15) is 5.10 Å². The Labute approximate surface area is 117 Å². The third-order valence-corrected chi connectivity index (χ3v) is 3.23. The highest BCUT2D eigenvalue weighted by Crippen LogP contribution is 2.17. The molecule has 1 atom stereocenters. The minimum absolute atomic E-state index is 0.0787. The van der Waals surface area contributed by atoms with Crippen molar-refractivity contribution in [2.75, 3.05) is 0 Å². The molecule has 0 aliphatic heterocycles. The lowest BCUT2D eigenvalue weighted by atomic mass is 10.1.